The maximum Gasteiger partial charge on any atom is 0.0450 e. The van der Waals surface area contributed by atoms with Gasteiger partial charge in [0.05, 0.1) is 0 Å². The van der Waals surface area contributed by atoms with Gasteiger partial charge in [-0.25, -0.2) is 0 Å². The molecule has 15 heavy (non-hydrogen) atoms. The minimum Gasteiger partial charge on any atom is -0.329 e. The molecular weight excluding hydrogens is 186 g/mol. The lowest BCUT2D eigenvalue weighted by atomic mass is 9.96. The SMILES string of the molecule is C=CCNC1(CN)CC(C)N(C2CC2)C1. The van der Waals surface area contributed by atoms with Gasteiger partial charge in [-0.3, -0.25) is 4.90 Å². The van der Waals surface area contributed by atoms with Gasteiger partial charge in [0.1, 0.15) is 0 Å². The fourth-order valence-corrected chi connectivity index (χ4v) is 2.78. The van der Waals surface area contributed by atoms with E-state index in [-0.39, 0.29) is 5.54 Å². The molecule has 3 heteroatoms. The van der Waals surface area contributed by atoms with Crippen LogP contribution in [0.2, 0.25) is 0 Å². The van der Waals surface area contributed by atoms with E-state index in [9.17, 15) is 0 Å². The van der Waals surface area contributed by atoms with Gasteiger partial charge in [-0.05, 0) is 26.2 Å². The van der Waals surface area contributed by atoms with Crippen molar-refractivity contribution in [1.82, 2.24) is 10.2 Å². The van der Waals surface area contributed by atoms with E-state index in [0.29, 0.717) is 6.04 Å². The van der Waals surface area contributed by atoms with Gasteiger partial charge in [0.2, 0.25) is 0 Å². The first-order valence-corrected chi connectivity index (χ1v) is 6.02. The van der Waals surface area contributed by atoms with Crippen LogP contribution in [-0.2, 0) is 0 Å². The molecule has 0 amide bonds. The highest BCUT2D eigenvalue weighted by molar-refractivity contribution is 5.06. The van der Waals surface area contributed by atoms with Crippen LogP contribution in [0.1, 0.15) is 26.2 Å². The monoisotopic (exact) mass is 209 g/mol. The van der Waals surface area contributed by atoms with E-state index < -0.39 is 0 Å². The van der Waals surface area contributed by atoms with E-state index in [1.807, 2.05) is 6.08 Å². The van der Waals surface area contributed by atoms with Crippen molar-refractivity contribution < 1.29 is 0 Å². The highest BCUT2D eigenvalue weighted by Gasteiger charge is 2.45. The first-order valence-electron chi connectivity index (χ1n) is 6.02. The number of hydrogen-bond acceptors (Lipinski definition) is 3. The third-order valence-electron chi connectivity index (χ3n) is 3.77. The van der Waals surface area contributed by atoms with Crippen LogP contribution in [0.3, 0.4) is 0 Å². The number of hydrogen-bond donors (Lipinski definition) is 2. The summed E-state index contributed by atoms with van der Waals surface area (Å²) in [5.41, 5.74) is 6.07. The zero-order chi connectivity index (χ0) is 10.9. The van der Waals surface area contributed by atoms with Crippen molar-refractivity contribution in [2.45, 2.75) is 43.8 Å². The van der Waals surface area contributed by atoms with Gasteiger partial charge < -0.3 is 11.1 Å². The molecule has 3 N–H and O–H groups in total. The Kier molecular flexibility index (Phi) is 3.14. The summed E-state index contributed by atoms with van der Waals surface area (Å²) in [6.45, 7) is 8.79. The molecule has 0 bridgehead atoms. The molecule has 2 aliphatic rings. The molecule has 1 heterocycles. The molecule has 2 fully saturated rings. The Morgan fingerprint density at radius 3 is 2.87 bits per heavy atom. The molecule has 86 valence electrons. The first kappa shape index (κ1) is 11.1. The smallest absolute Gasteiger partial charge is 0.0450 e. The second-order valence-corrected chi connectivity index (χ2v) is 5.11. The van der Waals surface area contributed by atoms with E-state index >= 15 is 0 Å². The predicted molar refractivity (Wildman–Crippen MR) is 63.8 cm³/mol. The summed E-state index contributed by atoms with van der Waals surface area (Å²) in [5.74, 6) is 0. The molecule has 0 spiro atoms. The van der Waals surface area contributed by atoms with E-state index in [1.165, 1.54) is 19.3 Å². The van der Waals surface area contributed by atoms with Crippen LogP contribution in [0.4, 0.5) is 0 Å². The standard InChI is InChI=1S/C12H23N3/c1-3-6-14-12(8-13)7-10(2)15(9-12)11-4-5-11/h3,10-11,14H,1,4-9,13H2,2H3. The fourth-order valence-electron chi connectivity index (χ4n) is 2.78. The van der Waals surface area contributed by atoms with E-state index in [0.717, 1.165) is 25.7 Å². The van der Waals surface area contributed by atoms with E-state index in [4.69, 9.17) is 5.73 Å². The normalized spacial score (nSPS) is 37.1. The first-order chi connectivity index (χ1) is 7.21. The van der Waals surface area contributed by atoms with E-state index in [2.05, 4.69) is 23.7 Å². The molecule has 0 aromatic heterocycles. The Labute approximate surface area is 92.7 Å². The van der Waals surface area contributed by atoms with Crippen LogP contribution in [-0.4, -0.2) is 42.2 Å². The van der Waals surface area contributed by atoms with Crippen LogP contribution < -0.4 is 11.1 Å². The summed E-state index contributed by atoms with van der Waals surface area (Å²) in [4.78, 5) is 2.63. The molecule has 2 rings (SSSR count). The molecule has 3 nitrogen and oxygen atoms in total. The third-order valence-corrected chi connectivity index (χ3v) is 3.77. The van der Waals surface area contributed by atoms with Crippen LogP contribution >= 0.6 is 0 Å². The van der Waals surface area contributed by atoms with Crippen molar-refractivity contribution in [3.8, 4) is 0 Å². The van der Waals surface area contributed by atoms with Gasteiger partial charge in [-0.1, -0.05) is 6.08 Å². The van der Waals surface area contributed by atoms with Gasteiger partial charge in [-0.15, -0.1) is 6.58 Å². The van der Waals surface area contributed by atoms with Crippen molar-refractivity contribution >= 4 is 0 Å². The van der Waals surface area contributed by atoms with E-state index in [1.54, 1.807) is 0 Å². The zero-order valence-corrected chi connectivity index (χ0v) is 9.71. The summed E-state index contributed by atoms with van der Waals surface area (Å²) in [7, 11) is 0. The van der Waals surface area contributed by atoms with Crippen molar-refractivity contribution in [1.29, 1.82) is 0 Å². The van der Waals surface area contributed by atoms with Crippen molar-refractivity contribution in [3.05, 3.63) is 12.7 Å². The van der Waals surface area contributed by atoms with Crippen LogP contribution in [0, 0.1) is 0 Å². The second kappa shape index (κ2) is 4.24. The molecular formula is C12H23N3. The Morgan fingerprint density at radius 1 is 1.60 bits per heavy atom. The minimum absolute atomic E-state index is 0.135. The van der Waals surface area contributed by atoms with Crippen LogP contribution in [0.5, 0.6) is 0 Å². The van der Waals surface area contributed by atoms with Crippen molar-refractivity contribution in [3.63, 3.8) is 0 Å². The fraction of sp³-hybridized carbons (Fsp3) is 0.833. The topological polar surface area (TPSA) is 41.3 Å². The molecule has 2 unspecified atom stereocenters. The molecule has 2 atom stereocenters. The summed E-state index contributed by atoms with van der Waals surface area (Å²) in [5, 5.41) is 3.55. The molecule has 0 aromatic carbocycles. The number of nitrogens with two attached hydrogens (primary N) is 1. The van der Waals surface area contributed by atoms with Gasteiger partial charge in [0.25, 0.3) is 0 Å². The molecule has 1 saturated carbocycles. The zero-order valence-electron chi connectivity index (χ0n) is 9.71. The average Bonchev–Trinajstić information content (AvgIpc) is 3.02. The number of nitrogens with zero attached hydrogens (tertiary/aromatic N) is 1. The highest BCUT2D eigenvalue weighted by atomic mass is 15.3. The third kappa shape index (κ3) is 2.25. The Balaban J connectivity index is 1.98. The number of likely N-dealkylation sites (tertiary alicyclic amines) is 1. The van der Waals surface area contributed by atoms with Gasteiger partial charge in [0, 0.05) is 37.3 Å². The molecule has 1 aliphatic heterocycles. The van der Waals surface area contributed by atoms with Crippen LogP contribution in [0.15, 0.2) is 12.7 Å². The summed E-state index contributed by atoms with van der Waals surface area (Å²) < 4.78 is 0. The molecule has 0 radical (unpaired) electrons. The maximum absolute atomic E-state index is 5.93. The lowest BCUT2D eigenvalue weighted by Crippen LogP contribution is -2.53. The van der Waals surface area contributed by atoms with Crippen molar-refractivity contribution in [2.24, 2.45) is 5.73 Å². The molecule has 1 saturated heterocycles. The van der Waals surface area contributed by atoms with Gasteiger partial charge in [-0.2, -0.15) is 0 Å². The molecule has 1 aliphatic carbocycles. The second-order valence-electron chi connectivity index (χ2n) is 5.11. The van der Waals surface area contributed by atoms with Crippen LogP contribution in [0.25, 0.3) is 0 Å². The van der Waals surface area contributed by atoms with Crippen molar-refractivity contribution in [2.75, 3.05) is 19.6 Å². The lowest BCUT2D eigenvalue weighted by Gasteiger charge is -2.29. The van der Waals surface area contributed by atoms with Gasteiger partial charge >= 0.3 is 0 Å². The summed E-state index contributed by atoms with van der Waals surface area (Å²) in [6, 6.07) is 1.53. The quantitative estimate of drug-likeness (QED) is 0.655. The number of rotatable bonds is 5. The Morgan fingerprint density at radius 2 is 2.33 bits per heavy atom. The number of nitrogens with one attached hydrogen (secondary N) is 1. The highest BCUT2D eigenvalue weighted by Crippen LogP contribution is 2.36. The Hall–Kier alpha value is -0.380. The summed E-state index contributed by atoms with van der Waals surface area (Å²) in [6.07, 6.45) is 5.86. The average molecular weight is 209 g/mol. The lowest BCUT2D eigenvalue weighted by molar-refractivity contribution is 0.243. The molecule has 0 aromatic rings. The Bertz CT molecular complexity index is 237. The largest absolute Gasteiger partial charge is 0.329 e. The summed E-state index contributed by atoms with van der Waals surface area (Å²) >= 11 is 0. The minimum atomic E-state index is 0.135. The van der Waals surface area contributed by atoms with Gasteiger partial charge in [0.15, 0.2) is 0 Å². The predicted octanol–water partition coefficient (Wildman–Crippen LogP) is 0.716. The maximum atomic E-state index is 5.93.